The fourth-order valence-electron chi connectivity index (χ4n) is 1.89. The third kappa shape index (κ3) is 3.47. The van der Waals surface area contributed by atoms with Gasteiger partial charge in [0, 0.05) is 18.4 Å². The number of pyridine rings is 1. The van der Waals surface area contributed by atoms with Gasteiger partial charge >= 0.3 is 0 Å². The first-order chi connectivity index (χ1) is 9.20. The van der Waals surface area contributed by atoms with Crippen LogP contribution < -0.4 is 11.1 Å². The zero-order valence-electron chi connectivity index (χ0n) is 11.6. The Kier molecular flexibility index (Phi) is 4.39. The maximum atomic E-state index is 5.79. The van der Waals surface area contributed by atoms with Gasteiger partial charge in [-0.05, 0) is 25.5 Å². The molecule has 5 nitrogen and oxygen atoms in total. The molecule has 0 aliphatic carbocycles. The van der Waals surface area contributed by atoms with Crippen LogP contribution in [0.2, 0.25) is 0 Å². The molecule has 0 bridgehead atoms. The van der Waals surface area contributed by atoms with Crippen LogP contribution in [-0.2, 0) is 6.54 Å². The Morgan fingerprint density at radius 1 is 1.47 bits per heavy atom. The van der Waals surface area contributed by atoms with Gasteiger partial charge in [-0.25, -0.2) is 9.98 Å². The van der Waals surface area contributed by atoms with E-state index in [1.807, 2.05) is 18.3 Å². The maximum absolute atomic E-state index is 5.79. The number of hydrogen-bond acceptors (Lipinski definition) is 2. The molecule has 2 rings (SSSR count). The highest BCUT2D eigenvalue weighted by atomic mass is 15.1. The minimum atomic E-state index is 0.488. The zero-order valence-corrected chi connectivity index (χ0v) is 11.6. The number of aromatic nitrogens is 2. The van der Waals surface area contributed by atoms with Gasteiger partial charge in [0.2, 0.25) is 0 Å². The van der Waals surface area contributed by atoms with Crippen LogP contribution in [0.25, 0.3) is 5.65 Å². The second kappa shape index (κ2) is 6.22. The van der Waals surface area contributed by atoms with E-state index in [2.05, 4.69) is 39.6 Å². The molecule has 0 atom stereocenters. The summed E-state index contributed by atoms with van der Waals surface area (Å²) in [6.45, 7) is 5.58. The van der Waals surface area contributed by atoms with E-state index in [9.17, 15) is 0 Å². The van der Waals surface area contributed by atoms with E-state index in [0.717, 1.165) is 36.4 Å². The summed E-state index contributed by atoms with van der Waals surface area (Å²) in [5, 5.41) is 3.09. The lowest BCUT2D eigenvalue weighted by atomic mass is 10.3. The lowest BCUT2D eigenvalue weighted by Gasteiger charge is -2.03. The van der Waals surface area contributed by atoms with E-state index in [0.29, 0.717) is 12.5 Å². The van der Waals surface area contributed by atoms with Crippen LogP contribution in [0.3, 0.4) is 0 Å². The fraction of sp³-hybridized carbons (Fsp3) is 0.429. The van der Waals surface area contributed by atoms with Crippen molar-refractivity contribution < 1.29 is 0 Å². The number of aliphatic imine (C=N–C) groups is 1. The second-order valence-corrected chi connectivity index (χ2v) is 4.61. The summed E-state index contributed by atoms with van der Waals surface area (Å²) >= 11 is 0. The van der Waals surface area contributed by atoms with Crippen LogP contribution in [-0.4, -0.2) is 21.9 Å². The molecule has 5 heteroatoms. The monoisotopic (exact) mass is 259 g/mol. The smallest absolute Gasteiger partial charge is 0.188 e. The number of unbranched alkanes of at least 4 members (excludes halogenated alkanes) is 1. The first kappa shape index (κ1) is 13.4. The summed E-state index contributed by atoms with van der Waals surface area (Å²) < 4.78 is 2.06. The molecule has 2 aromatic rings. The maximum Gasteiger partial charge on any atom is 0.188 e. The van der Waals surface area contributed by atoms with Gasteiger partial charge in [0.25, 0.3) is 0 Å². The molecule has 2 aromatic heterocycles. The number of rotatable bonds is 5. The van der Waals surface area contributed by atoms with E-state index >= 15 is 0 Å². The molecule has 2 heterocycles. The number of hydrogen-bond donors (Lipinski definition) is 2. The lowest BCUT2D eigenvalue weighted by Crippen LogP contribution is -2.32. The molecule has 19 heavy (non-hydrogen) atoms. The number of nitrogens with two attached hydrogens (primary N) is 1. The highest BCUT2D eigenvalue weighted by Gasteiger charge is 2.02. The van der Waals surface area contributed by atoms with E-state index in [1.54, 1.807) is 0 Å². The third-order valence-electron chi connectivity index (χ3n) is 2.99. The average molecular weight is 259 g/mol. The van der Waals surface area contributed by atoms with Crippen molar-refractivity contribution in [3.8, 4) is 0 Å². The van der Waals surface area contributed by atoms with Gasteiger partial charge in [0.05, 0.1) is 12.2 Å². The molecule has 0 radical (unpaired) electrons. The van der Waals surface area contributed by atoms with Crippen molar-refractivity contribution in [3.63, 3.8) is 0 Å². The first-order valence-corrected chi connectivity index (χ1v) is 6.68. The number of nitrogens with zero attached hydrogens (tertiary/aromatic N) is 3. The van der Waals surface area contributed by atoms with Gasteiger partial charge in [-0.15, -0.1) is 0 Å². The van der Waals surface area contributed by atoms with Crippen molar-refractivity contribution in [2.75, 3.05) is 6.54 Å². The molecule has 0 aliphatic heterocycles. The van der Waals surface area contributed by atoms with Gasteiger partial charge in [-0.1, -0.05) is 19.4 Å². The Morgan fingerprint density at radius 3 is 3.05 bits per heavy atom. The molecule has 0 saturated carbocycles. The standard InChI is InChI=1S/C14H21N5/c1-3-4-8-16-14(15)17-9-12-10-19-11(2)6-5-7-13(19)18-12/h5-7,10H,3-4,8-9H2,1-2H3,(H3,15,16,17). The summed E-state index contributed by atoms with van der Waals surface area (Å²) in [6, 6.07) is 6.05. The fourth-order valence-corrected chi connectivity index (χ4v) is 1.89. The third-order valence-corrected chi connectivity index (χ3v) is 2.99. The van der Waals surface area contributed by atoms with Crippen molar-refractivity contribution in [2.24, 2.45) is 10.7 Å². The zero-order chi connectivity index (χ0) is 13.7. The van der Waals surface area contributed by atoms with Gasteiger partial charge < -0.3 is 15.5 Å². The Labute approximate surface area is 113 Å². The Hall–Kier alpha value is -2.04. The minimum absolute atomic E-state index is 0.488. The molecule has 0 fully saturated rings. The van der Waals surface area contributed by atoms with Gasteiger partial charge in [0.1, 0.15) is 5.65 Å². The predicted octanol–water partition coefficient (Wildman–Crippen LogP) is 1.85. The summed E-state index contributed by atoms with van der Waals surface area (Å²) in [5.41, 5.74) is 8.82. The number of guanidine groups is 1. The average Bonchev–Trinajstić information content (AvgIpc) is 2.81. The van der Waals surface area contributed by atoms with E-state index in [4.69, 9.17) is 5.73 Å². The Bertz CT molecular complexity index is 570. The quantitative estimate of drug-likeness (QED) is 0.489. The number of aryl methyl sites for hydroxylation is 1. The molecule has 0 amide bonds. The molecule has 0 spiro atoms. The Balaban J connectivity index is 2.01. The van der Waals surface area contributed by atoms with Crippen molar-refractivity contribution >= 4 is 11.6 Å². The summed E-state index contributed by atoms with van der Waals surface area (Å²) in [6.07, 6.45) is 4.25. The lowest BCUT2D eigenvalue weighted by molar-refractivity contribution is 0.747. The molecule has 0 aliphatic rings. The molecular weight excluding hydrogens is 238 g/mol. The number of fused-ring (bicyclic) bond motifs is 1. The van der Waals surface area contributed by atoms with E-state index < -0.39 is 0 Å². The Morgan fingerprint density at radius 2 is 2.32 bits per heavy atom. The largest absolute Gasteiger partial charge is 0.370 e. The molecule has 0 saturated heterocycles. The van der Waals surface area contributed by atoms with Crippen LogP contribution in [0.15, 0.2) is 29.4 Å². The van der Waals surface area contributed by atoms with Gasteiger partial charge in [-0.3, -0.25) is 0 Å². The topological polar surface area (TPSA) is 67.7 Å². The molecular formula is C14H21N5. The van der Waals surface area contributed by atoms with E-state index in [1.165, 1.54) is 0 Å². The van der Waals surface area contributed by atoms with Crippen LogP contribution in [0.4, 0.5) is 0 Å². The minimum Gasteiger partial charge on any atom is -0.370 e. The highest BCUT2D eigenvalue weighted by molar-refractivity contribution is 5.77. The summed E-state index contributed by atoms with van der Waals surface area (Å²) in [4.78, 5) is 8.81. The predicted molar refractivity (Wildman–Crippen MR) is 78.2 cm³/mol. The summed E-state index contributed by atoms with van der Waals surface area (Å²) in [7, 11) is 0. The second-order valence-electron chi connectivity index (χ2n) is 4.61. The number of imidazole rings is 1. The van der Waals surface area contributed by atoms with Crippen molar-refractivity contribution in [2.45, 2.75) is 33.2 Å². The first-order valence-electron chi connectivity index (χ1n) is 6.68. The molecule has 102 valence electrons. The normalized spacial score (nSPS) is 12.0. The van der Waals surface area contributed by atoms with Gasteiger partial charge in [-0.2, -0.15) is 0 Å². The van der Waals surface area contributed by atoms with Crippen LogP contribution in [0.5, 0.6) is 0 Å². The number of nitrogens with one attached hydrogen (secondary N) is 1. The van der Waals surface area contributed by atoms with Crippen LogP contribution in [0.1, 0.15) is 31.2 Å². The van der Waals surface area contributed by atoms with Crippen molar-refractivity contribution in [1.82, 2.24) is 14.7 Å². The van der Waals surface area contributed by atoms with Crippen LogP contribution >= 0.6 is 0 Å². The molecule has 0 aromatic carbocycles. The van der Waals surface area contributed by atoms with Crippen molar-refractivity contribution in [1.29, 1.82) is 0 Å². The van der Waals surface area contributed by atoms with E-state index in [-0.39, 0.29) is 0 Å². The van der Waals surface area contributed by atoms with Gasteiger partial charge in [0.15, 0.2) is 5.96 Å². The molecule has 0 unspecified atom stereocenters. The molecule has 3 N–H and O–H groups in total. The summed E-state index contributed by atoms with van der Waals surface area (Å²) in [5.74, 6) is 0.488. The van der Waals surface area contributed by atoms with Crippen LogP contribution in [0, 0.1) is 6.92 Å². The van der Waals surface area contributed by atoms with Crippen molar-refractivity contribution in [3.05, 3.63) is 35.8 Å². The SMILES string of the molecule is CCCCNC(N)=NCc1cn2c(C)cccc2n1. The highest BCUT2D eigenvalue weighted by Crippen LogP contribution is 2.08.